The van der Waals surface area contributed by atoms with E-state index >= 15 is 0 Å². The highest BCUT2D eigenvalue weighted by atomic mass is 32.2. The number of anilines is 1. The molecule has 1 aliphatic heterocycles. The fourth-order valence-corrected chi connectivity index (χ4v) is 4.98. The van der Waals surface area contributed by atoms with Crippen molar-refractivity contribution in [2.24, 2.45) is 5.92 Å². The Hall–Kier alpha value is -2.79. The molecule has 1 saturated heterocycles. The van der Waals surface area contributed by atoms with Crippen molar-refractivity contribution in [1.82, 2.24) is 4.31 Å². The lowest BCUT2D eigenvalue weighted by Gasteiger charge is -2.31. The molecule has 11 heteroatoms. The average molecular weight is 458 g/mol. The molecule has 168 valence electrons. The van der Waals surface area contributed by atoms with Crippen molar-refractivity contribution >= 4 is 21.6 Å². The first-order valence-corrected chi connectivity index (χ1v) is 10.8. The zero-order chi connectivity index (χ0) is 22.8. The zero-order valence-electron chi connectivity index (χ0n) is 16.8. The molecule has 0 spiro atoms. The van der Waals surface area contributed by atoms with Gasteiger partial charge in [0.1, 0.15) is 16.4 Å². The van der Waals surface area contributed by atoms with Crippen LogP contribution in [0.15, 0.2) is 35.2 Å². The number of sulfonamides is 1. The van der Waals surface area contributed by atoms with Crippen LogP contribution in [0.25, 0.3) is 0 Å². The minimum absolute atomic E-state index is 0.0427. The number of piperidine rings is 1. The molecule has 1 N–H and O–H groups in total. The number of hydrogen-bond donors (Lipinski definition) is 1. The van der Waals surface area contributed by atoms with Gasteiger partial charge in [-0.2, -0.15) is 4.31 Å². The van der Waals surface area contributed by atoms with E-state index in [1.165, 1.54) is 30.7 Å². The first kappa shape index (κ1) is 22.9. The summed E-state index contributed by atoms with van der Waals surface area (Å²) in [6.07, 6.45) is 0.339. The summed E-state index contributed by atoms with van der Waals surface area (Å²) in [7, 11) is -1.15. The third kappa shape index (κ3) is 4.62. The molecule has 7 nitrogen and oxygen atoms in total. The summed E-state index contributed by atoms with van der Waals surface area (Å²) in [5.41, 5.74) is -0.472. The van der Waals surface area contributed by atoms with E-state index in [1.807, 2.05) is 0 Å². The third-order valence-electron chi connectivity index (χ3n) is 5.11. The molecule has 0 unspecified atom stereocenters. The number of carbonyl (C=O) groups is 1. The smallest absolute Gasteiger partial charge is 0.246 e. The zero-order valence-corrected chi connectivity index (χ0v) is 17.6. The monoisotopic (exact) mass is 458 g/mol. The topological polar surface area (TPSA) is 84.9 Å². The Morgan fingerprint density at radius 2 is 1.71 bits per heavy atom. The maximum atomic E-state index is 13.8. The van der Waals surface area contributed by atoms with Gasteiger partial charge in [-0.05, 0) is 37.1 Å². The van der Waals surface area contributed by atoms with Gasteiger partial charge in [0.2, 0.25) is 15.9 Å². The van der Waals surface area contributed by atoms with Gasteiger partial charge in [0.25, 0.3) is 0 Å². The first-order valence-electron chi connectivity index (χ1n) is 9.35. The molecule has 0 saturated carbocycles. The summed E-state index contributed by atoms with van der Waals surface area (Å²) in [4.78, 5) is 12.4. The molecule has 1 aliphatic rings. The summed E-state index contributed by atoms with van der Waals surface area (Å²) in [5.74, 6) is -5.23. The lowest BCUT2D eigenvalue weighted by atomic mass is 9.97. The summed E-state index contributed by atoms with van der Waals surface area (Å²) in [6, 6.07) is 6.07. The van der Waals surface area contributed by atoms with E-state index in [2.05, 4.69) is 5.32 Å². The number of carbonyl (C=O) groups excluding carboxylic acids is 1. The molecule has 1 amide bonds. The Labute approximate surface area is 177 Å². The number of halogens is 3. The van der Waals surface area contributed by atoms with Crippen LogP contribution in [0.2, 0.25) is 0 Å². The van der Waals surface area contributed by atoms with Crippen LogP contribution in [-0.4, -0.2) is 45.9 Å². The van der Waals surface area contributed by atoms with Crippen LogP contribution >= 0.6 is 0 Å². The third-order valence-corrected chi connectivity index (χ3v) is 7.03. The summed E-state index contributed by atoms with van der Waals surface area (Å²) in [6.45, 7) is 0.0854. The molecule has 31 heavy (non-hydrogen) atoms. The maximum absolute atomic E-state index is 13.8. The van der Waals surface area contributed by atoms with Crippen LogP contribution in [0.5, 0.6) is 11.5 Å². The quantitative estimate of drug-likeness (QED) is 0.673. The summed E-state index contributed by atoms with van der Waals surface area (Å²) < 4.78 is 77.8. The van der Waals surface area contributed by atoms with E-state index in [-0.39, 0.29) is 36.6 Å². The molecule has 3 rings (SSSR count). The minimum atomic E-state index is -3.92. The highest BCUT2D eigenvalue weighted by Crippen LogP contribution is 2.33. The largest absolute Gasteiger partial charge is 0.497 e. The number of amides is 1. The van der Waals surface area contributed by atoms with Gasteiger partial charge < -0.3 is 14.8 Å². The molecular weight excluding hydrogens is 437 g/mol. The Morgan fingerprint density at radius 1 is 1.03 bits per heavy atom. The van der Waals surface area contributed by atoms with Crippen LogP contribution in [0.1, 0.15) is 12.8 Å². The highest BCUT2D eigenvalue weighted by molar-refractivity contribution is 7.89. The molecule has 1 heterocycles. The van der Waals surface area contributed by atoms with Crippen LogP contribution in [0.3, 0.4) is 0 Å². The normalized spacial score (nSPS) is 15.5. The molecule has 1 fully saturated rings. The molecule has 0 radical (unpaired) electrons. The second-order valence-corrected chi connectivity index (χ2v) is 8.81. The first-order chi connectivity index (χ1) is 14.7. The van der Waals surface area contributed by atoms with Gasteiger partial charge in [0, 0.05) is 25.1 Å². The average Bonchev–Trinajstić information content (AvgIpc) is 2.79. The Bertz CT molecular complexity index is 1090. The highest BCUT2D eigenvalue weighted by Gasteiger charge is 2.34. The van der Waals surface area contributed by atoms with Gasteiger partial charge in [0.15, 0.2) is 17.5 Å². The van der Waals surface area contributed by atoms with E-state index in [0.29, 0.717) is 11.8 Å². The number of nitrogens with one attached hydrogen (secondary N) is 1. The minimum Gasteiger partial charge on any atom is -0.497 e. The molecule has 0 atom stereocenters. The summed E-state index contributed by atoms with van der Waals surface area (Å²) in [5, 5.41) is 2.24. The summed E-state index contributed by atoms with van der Waals surface area (Å²) >= 11 is 0. The standard InChI is InChI=1S/C20H21F3N2O5S/c1-29-13-3-6-16(30-2)17(11-13)31(27,28)25-9-7-12(8-10-25)20(26)24-15-5-4-14(21)18(22)19(15)23/h3-6,11-12H,7-10H2,1-2H3,(H,24,26). The number of methoxy groups -OCH3 is 2. The van der Waals surface area contributed by atoms with E-state index in [0.717, 1.165) is 6.07 Å². The van der Waals surface area contributed by atoms with Crippen molar-refractivity contribution in [2.75, 3.05) is 32.6 Å². The van der Waals surface area contributed by atoms with Crippen molar-refractivity contribution in [1.29, 1.82) is 0 Å². The van der Waals surface area contributed by atoms with E-state index in [4.69, 9.17) is 9.47 Å². The number of hydrogen-bond acceptors (Lipinski definition) is 5. The van der Waals surface area contributed by atoms with Gasteiger partial charge in [-0.25, -0.2) is 21.6 Å². The number of benzene rings is 2. The van der Waals surface area contributed by atoms with Crippen molar-refractivity contribution < 1.29 is 35.9 Å². The van der Waals surface area contributed by atoms with E-state index in [1.54, 1.807) is 6.07 Å². The Morgan fingerprint density at radius 3 is 2.32 bits per heavy atom. The van der Waals surface area contributed by atoms with Gasteiger partial charge in [-0.15, -0.1) is 0 Å². The van der Waals surface area contributed by atoms with Crippen LogP contribution in [0, 0.1) is 23.4 Å². The van der Waals surface area contributed by atoms with E-state index < -0.39 is 45.0 Å². The van der Waals surface area contributed by atoms with Gasteiger partial charge >= 0.3 is 0 Å². The van der Waals surface area contributed by atoms with Crippen LogP contribution in [0.4, 0.5) is 18.9 Å². The number of rotatable bonds is 6. The molecule has 0 bridgehead atoms. The van der Waals surface area contributed by atoms with Crippen molar-refractivity contribution in [3.8, 4) is 11.5 Å². The molecule has 0 aliphatic carbocycles. The lowest BCUT2D eigenvalue weighted by molar-refractivity contribution is -0.120. The number of nitrogens with zero attached hydrogens (tertiary/aromatic N) is 1. The van der Waals surface area contributed by atoms with Gasteiger partial charge in [0.05, 0.1) is 19.9 Å². The number of ether oxygens (including phenoxy) is 2. The van der Waals surface area contributed by atoms with Gasteiger partial charge in [-0.1, -0.05) is 0 Å². The molecule has 2 aromatic carbocycles. The second kappa shape index (κ2) is 9.15. The molecule has 2 aromatic rings. The molecular formula is C20H21F3N2O5S. The molecule has 0 aromatic heterocycles. The fraction of sp³-hybridized carbons (Fsp3) is 0.350. The predicted molar refractivity (Wildman–Crippen MR) is 106 cm³/mol. The SMILES string of the molecule is COc1ccc(OC)c(S(=O)(=O)N2CCC(C(=O)Nc3ccc(F)c(F)c3F)CC2)c1. The fourth-order valence-electron chi connectivity index (χ4n) is 3.34. The van der Waals surface area contributed by atoms with Gasteiger partial charge in [-0.3, -0.25) is 4.79 Å². The van der Waals surface area contributed by atoms with Crippen molar-refractivity contribution in [3.05, 3.63) is 47.8 Å². The van der Waals surface area contributed by atoms with E-state index in [9.17, 15) is 26.4 Å². The van der Waals surface area contributed by atoms with Crippen LogP contribution < -0.4 is 14.8 Å². The lowest BCUT2D eigenvalue weighted by Crippen LogP contribution is -2.41. The van der Waals surface area contributed by atoms with Crippen molar-refractivity contribution in [2.45, 2.75) is 17.7 Å². The second-order valence-electron chi connectivity index (χ2n) is 6.91. The predicted octanol–water partition coefficient (Wildman–Crippen LogP) is 3.16. The Balaban J connectivity index is 1.70. The van der Waals surface area contributed by atoms with Crippen molar-refractivity contribution in [3.63, 3.8) is 0 Å². The van der Waals surface area contributed by atoms with Crippen LogP contribution in [-0.2, 0) is 14.8 Å². The Kier molecular flexibility index (Phi) is 6.75. The maximum Gasteiger partial charge on any atom is 0.246 e.